The predicted octanol–water partition coefficient (Wildman–Crippen LogP) is 5.55. The summed E-state index contributed by atoms with van der Waals surface area (Å²) < 4.78 is 18.4. The number of nitro groups is 2. The number of esters is 1. The molecule has 6 rings (SSSR count). The van der Waals surface area contributed by atoms with Gasteiger partial charge in [-0.2, -0.15) is 0 Å². The molecule has 0 spiro atoms. The highest BCUT2D eigenvalue weighted by Gasteiger charge is 2.35. The Balaban J connectivity index is 1.54. The van der Waals surface area contributed by atoms with Gasteiger partial charge >= 0.3 is 11.7 Å². The average molecular weight is 679 g/mol. The summed E-state index contributed by atoms with van der Waals surface area (Å²) in [7, 11) is 1.54. The minimum Gasteiger partial charge on any atom is -0.497 e. The molecule has 1 atom stereocenters. The summed E-state index contributed by atoms with van der Waals surface area (Å²) in [6.45, 7) is 1.80. The Morgan fingerprint density at radius 2 is 1.65 bits per heavy atom. The quantitative estimate of drug-likeness (QED) is 0.105. The number of carbonyl (C=O) groups is 1. The number of hydrogen-bond donors (Lipinski definition) is 0. The van der Waals surface area contributed by atoms with Gasteiger partial charge in [-0.3, -0.25) is 29.6 Å². The number of methoxy groups -OCH3 is 1. The maximum Gasteiger partial charge on any atom is 0.338 e. The van der Waals surface area contributed by atoms with Crippen LogP contribution in [0.4, 0.5) is 11.4 Å². The summed E-state index contributed by atoms with van der Waals surface area (Å²) in [6.07, 6.45) is 1.57. The fourth-order valence-corrected chi connectivity index (χ4v) is 6.33. The largest absolute Gasteiger partial charge is 0.497 e. The fraction of sp³-hybridized carbons (Fsp3) is 0.114. The van der Waals surface area contributed by atoms with Gasteiger partial charge in [-0.25, -0.2) is 9.79 Å². The summed E-state index contributed by atoms with van der Waals surface area (Å²) in [5, 5.41) is 23.0. The van der Waals surface area contributed by atoms with Gasteiger partial charge in [0.05, 0.1) is 51.5 Å². The highest BCUT2D eigenvalue weighted by atomic mass is 32.1. The van der Waals surface area contributed by atoms with Gasteiger partial charge in [0.15, 0.2) is 4.80 Å². The maximum absolute atomic E-state index is 14.3. The number of nitrogens with zero attached hydrogens (tertiary/aromatic N) is 4. The number of fused-ring (bicyclic) bond motifs is 1. The lowest BCUT2D eigenvalue weighted by molar-refractivity contribution is -0.394. The van der Waals surface area contributed by atoms with Crippen LogP contribution < -0.4 is 24.4 Å². The van der Waals surface area contributed by atoms with Gasteiger partial charge in [0.25, 0.3) is 11.2 Å². The van der Waals surface area contributed by atoms with E-state index in [1.165, 1.54) is 11.7 Å². The lowest BCUT2D eigenvalue weighted by atomic mass is 9.93. The standard InChI is InChI=1S/C35H26N4O9S/c1-3-47-34(41)30-31(21-9-5-4-6-10-21)36-35-37(32(30)22-13-16-25(46-2)17-14-22)33(40)29(49-35)19-23-11-7-8-12-27(23)48-28-18-15-24(38(42)43)20-26(28)39(44)45/h4-20,32H,3H2,1-2H3/b29-19+/t32-/m1/s1. The number of carbonyl (C=O) groups excluding carboxylic acids is 1. The van der Waals surface area contributed by atoms with E-state index in [9.17, 15) is 29.8 Å². The molecule has 0 unspecified atom stereocenters. The number of benzene rings is 4. The summed E-state index contributed by atoms with van der Waals surface area (Å²) in [5.41, 5.74) is 0.719. The van der Waals surface area contributed by atoms with Crippen molar-refractivity contribution >= 4 is 40.5 Å². The SMILES string of the molecule is CCOC(=O)C1=C(c2ccccc2)N=c2s/c(=C/c3ccccc3Oc3ccc([N+](=O)[O-])cc3[N+](=O)[O-])c(=O)n2[C@@H]1c1ccc(OC)cc1. The molecule has 0 saturated heterocycles. The van der Waals surface area contributed by atoms with E-state index in [1.54, 1.807) is 61.5 Å². The molecule has 0 amide bonds. The molecule has 2 heterocycles. The third-order valence-electron chi connectivity index (χ3n) is 7.58. The molecule has 0 fully saturated rings. The first kappa shape index (κ1) is 32.5. The second-order valence-electron chi connectivity index (χ2n) is 10.5. The van der Waals surface area contributed by atoms with E-state index >= 15 is 0 Å². The number of non-ortho nitro benzene ring substituents is 1. The van der Waals surface area contributed by atoms with Crippen molar-refractivity contribution in [2.45, 2.75) is 13.0 Å². The molecule has 1 aromatic heterocycles. The second-order valence-corrected chi connectivity index (χ2v) is 11.5. The molecule has 0 bridgehead atoms. The molecule has 49 heavy (non-hydrogen) atoms. The van der Waals surface area contributed by atoms with Crippen LogP contribution in [0.1, 0.15) is 29.7 Å². The molecule has 0 N–H and O–H groups in total. The molecule has 0 radical (unpaired) electrons. The average Bonchev–Trinajstić information content (AvgIpc) is 3.42. The number of ether oxygens (including phenoxy) is 3. The Labute approximate surface area is 281 Å². The Bertz CT molecular complexity index is 2310. The van der Waals surface area contributed by atoms with E-state index in [4.69, 9.17) is 19.2 Å². The van der Waals surface area contributed by atoms with Crippen LogP contribution in [0.2, 0.25) is 0 Å². The molecular formula is C35H26N4O9S. The Hall–Kier alpha value is -6.41. The van der Waals surface area contributed by atoms with Crippen LogP contribution in [0.5, 0.6) is 17.2 Å². The first-order valence-electron chi connectivity index (χ1n) is 14.8. The van der Waals surface area contributed by atoms with E-state index in [0.717, 1.165) is 29.5 Å². The predicted molar refractivity (Wildman–Crippen MR) is 180 cm³/mol. The number of rotatable bonds is 10. The van der Waals surface area contributed by atoms with Crippen molar-refractivity contribution in [1.29, 1.82) is 0 Å². The maximum atomic E-state index is 14.3. The number of nitro benzene ring substituents is 2. The molecule has 0 saturated carbocycles. The summed E-state index contributed by atoms with van der Waals surface area (Å²) in [4.78, 5) is 54.6. The second kappa shape index (κ2) is 13.8. The molecule has 4 aromatic carbocycles. The van der Waals surface area contributed by atoms with Crippen molar-refractivity contribution in [3.63, 3.8) is 0 Å². The van der Waals surface area contributed by atoms with Gasteiger partial charge in [0, 0.05) is 17.2 Å². The number of aromatic nitrogens is 1. The van der Waals surface area contributed by atoms with E-state index in [1.807, 2.05) is 30.3 Å². The molecule has 13 nitrogen and oxygen atoms in total. The highest BCUT2D eigenvalue weighted by Crippen LogP contribution is 2.37. The lowest BCUT2D eigenvalue weighted by Gasteiger charge is -2.26. The minimum absolute atomic E-state index is 0.105. The summed E-state index contributed by atoms with van der Waals surface area (Å²) in [6, 6.07) is 24.9. The van der Waals surface area contributed by atoms with E-state index < -0.39 is 38.8 Å². The van der Waals surface area contributed by atoms with Crippen LogP contribution >= 0.6 is 11.3 Å². The zero-order valence-corrected chi connectivity index (χ0v) is 26.8. The van der Waals surface area contributed by atoms with E-state index in [2.05, 4.69) is 0 Å². The molecule has 1 aliphatic heterocycles. The van der Waals surface area contributed by atoms with Crippen molar-refractivity contribution in [2.24, 2.45) is 4.99 Å². The molecule has 246 valence electrons. The first-order valence-corrected chi connectivity index (χ1v) is 15.6. The number of hydrogen-bond acceptors (Lipinski definition) is 11. The van der Waals surface area contributed by atoms with Crippen molar-refractivity contribution < 1.29 is 28.9 Å². The van der Waals surface area contributed by atoms with Crippen molar-refractivity contribution in [1.82, 2.24) is 4.57 Å². The Morgan fingerprint density at radius 3 is 2.33 bits per heavy atom. The zero-order valence-electron chi connectivity index (χ0n) is 26.0. The minimum atomic E-state index is -0.909. The summed E-state index contributed by atoms with van der Waals surface area (Å²) >= 11 is 1.10. The third kappa shape index (κ3) is 6.44. The zero-order chi connectivity index (χ0) is 34.7. The van der Waals surface area contributed by atoms with E-state index in [0.29, 0.717) is 32.9 Å². The summed E-state index contributed by atoms with van der Waals surface area (Å²) in [5.74, 6) is -0.0900. The normalized spacial score (nSPS) is 14.1. The van der Waals surface area contributed by atoms with Crippen LogP contribution in [0, 0.1) is 20.2 Å². The fourth-order valence-electron chi connectivity index (χ4n) is 5.34. The lowest BCUT2D eigenvalue weighted by Crippen LogP contribution is -2.40. The van der Waals surface area contributed by atoms with Crippen LogP contribution in [0.25, 0.3) is 11.8 Å². The van der Waals surface area contributed by atoms with Crippen LogP contribution in [-0.4, -0.2) is 34.1 Å². The monoisotopic (exact) mass is 678 g/mol. The van der Waals surface area contributed by atoms with Crippen molar-refractivity contribution in [3.05, 3.63) is 159 Å². The Kier molecular flexibility index (Phi) is 9.13. The first-order chi connectivity index (χ1) is 23.7. The van der Waals surface area contributed by atoms with Gasteiger partial charge in [-0.05, 0) is 42.8 Å². The highest BCUT2D eigenvalue weighted by molar-refractivity contribution is 7.07. The van der Waals surface area contributed by atoms with E-state index in [-0.39, 0.29) is 28.2 Å². The topological polar surface area (TPSA) is 165 Å². The molecule has 0 aliphatic carbocycles. The molecule has 5 aromatic rings. The number of para-hydroxylation sites is 1. The van der Waals surface area contributed by atoms with Gasteiger partial charge in [-0.1, -0.05) is 72.0 Å². The number of thiazole rings is 1. The van der Waals surface area contributed by atoms with Crippen molar-refractivity contribution in [2.75, 3.05) is 13.7 Å². The van der Waals surface area contributed by atoms with Crippen LogP contribution in [-0.2, 0) is 9.53 Å². The molecule has 1 aliphatic rings. The van der Waals surface area contributed by atoms with Crippen molar-refractivity contribution in [3.8, 4) is 17.2 Å². The molecular weight excluding hydrogens is 652 g/mol. The van der Waals surface area contributed by atoms with Crippen LogP contribution in [0.3, 0.4) is 0 Å². The van der Waals surface area contributed by atoms with Gasteiger partial charge in [0.2, 0.25) is 5.75 Å². The van der Waals surface area contributed by atoms with Gasteiger partial charge in [-0.15, -0.1) is 0 Å². The van der Waals surface area contributed by atoms with Crippen LogP contribution in [0.15, 0.2) is 112 Å². The van der Waals surface area contributed by atoms with Gasteiger partial charge in [0.1, 0.15) is 11.5 Å². The third-order valence-corrected chi connectivity index (χ3v) is 8.56. The molecule has 14 heteroatoms. The van der Waals surface area contributed by atoms with Gasteiger partial charge < -0.3 is 14.2 Å². The Morgan fingerprint density at radius 1 is 0.939 bits per heavy atom. The smallest absolute Gasteiger partial charge is 0.338 e.